The topological polar surface area (TPSA) is 41.6 Å². The van der Waals surface area contributed by atoms with Crippen molar-refractivity contribution in [3.8, 4) is 0 Å². The lowest BCUT2D eigenvalue weighted by Crippen LogP contribution is -2.54. The van der Waals surface area contributed by atoms with E-state index in [1.165, 1.54) is 0 Å². The fourth-order valence-electron chi connectivity index (χ4n) is 3.73. The van der Waals surface area contributed by atoms with Gasteiger partial charge in [-0.25, -0.2) is 4.79 Å². The number of hydrogen-bond acceptors (Lipinski definition) is 3. The molecular weight excluding hydrogens is 309 g/mol. The molecule has 0 spiro atoms. The fourth-order valence-corrected chi connectivity index (χ4v) is 3.73. The molecule has 1 amide bonds. The predicted octanol–water partition coefficient (Wildman–Crippen LogP) is 3.85. The van der Waals surface area contributed by atoms with Gasteiger partial charge in [-0.3, -0.25) is 0 Å². The first-order valence-corrected chi connectivity index (χ1v) is 8.29. The Morgan fingerprint density at radius 3 is 2.17 bits per heavy atom. The first-order chi connectivity index (χ1) is 10.4. The van der Waals surface area contributed by atoms with Gasteiger partial charge in [-0.1, -0.05) is 0 Å². The molecule has 0 saturated carbocycles. The van der Waals surface area contributed by atoms with Gasteiger partial charge in [0.1, 0.15) is 5.60 Å². The van der Waals surface area contributed by atoms with Gasteiger partial charge < -0.3 is 15.0 Å². The van der Waals surface area contributed by atoms with E-state index in [9.17, 15) is 18.0 Å². The first-order valence-electron chi connectivity index (χ1n) is 8.29. The van der Waals surface area contributed by atoms with Crippen molar-refractivity contribution in [2.45, 2.75) is 95.7 Å². The summed E-state index contributed by atoms with van der Waals surface area (Å²) in [5.41, 5.74) is -0.535. The molecule has 0 aromatic heterocycles. The maximum atomic E-state index is 12.4. The Bertz CT molecular complexity index is 420. The Kier molecular flexibility index (Phi) is 5.18. The van der Waals surface area contributed by atoms with Crippen LogP contribution in [0.1, 0.15) is 59.8 Å². The Morgan fingerprint density at radius 2 is 1.74 bits per heavy atom. The molecule has 3 unspecified atom stereocenters. The van der Waals surface area contributed by atoms with Crippen molar-refractivity contribution in [1.82, 2.24) is 10.2 Å². The van der Waals surface area contributed by atoms with E-state index in [0.29, 0.717) is 12.8 Å². The molecule has 134 valence electrons. The molecule has 7 heteroatoms. The van der Waals surface area contributed by atoms with Crippen LogP contribution in [0.25, 0.3) is 0 Å². The van der Waals surface area contributed by atoms with Crippen LogP contribution in [0.3, 0.4) is 0 Å². The molecule has 3 atom stereocenters. The highest BCUT2D eigenvalue weighted by atomic mass is 19.4. The number of halogens is 3. The summed E-state index contributed by atoms with van der Waals surface area (Å²) >= 11 is 0. The summed E-state index contributed by atoms with van der Waals surface area (Å²) in [7, 11) is 0. The Hall–Kier alpha value is -0.980. The molecule has 4 nitrogen and oxygen atoms in total. The second kappa shape index (κ2) is 6.49. The van der Waals surface area contributed by atoms with Gasteiger partial charge in [0.15, 0.2) is 0 Å². The number of carbonyl (C=O) groups excluding carboxylic acids is 1. The van der Waals surface area contributed by atoms with Crippen molar-refractivity contribution >= 4 is 6.09 Å². The third-order valence-electron chi connectivity index (χ3n) is 4.40. The highest BCUT2D eigenvalue weighted by Crippen LogP contribution is 2.37. The zero-order valence-electron chi connectivity index (χ0n) is 14.2. The summed E-state index contributed by atoms with van der Waals surface area (Å²) in [6, 6.07) is -0.436. The molecule has 1 N–H and O–H groups in total. The number of fused-ring (bicyclic) bond motifs is 2. The molecule has 0 aromatic rings. The molecule has 2 saturated heterocycles. The van der Waals surface area contributed by atoms with E-state index in [0.717, 1.165) is 12.8 Å². The highest BCUT2D eigenvalue weighted by molar-refractivity contribution is 5.69. The van der Waals surface area contributed by atoms with Crippen molar-refractivity contribution in [2.24, 2.45) is 0 Å². The lowest BCUT2D eigenvalue weighted by molar-refractivity contribution is -0.139. The van der Waals surface area contributed by atoms with E-state index in [1.54, 1.807) is 11.8 Å². The van der Waals surface area contributed by atoms with Crippen LogP contribution in [-0.2, 0) is 4.74 Å². The third-order valence-corrected chi connectivity index (χ3v) is 4.40. The molecule has 0 aliphatic carbocycles. The minimum Gasteiger partial charge on any atom is -0.444 e. The molecule has 0 aromatic carbocycles. The largest absolute Gasteiger partial charge is 0.444 e. The van der Waals surface area contributed by atoms with E-state index >= 15 is 0 Å². The van der Waals surface area contributed by atoms with Gasteiger partial charge in [0.25, 0.3) is 0 Å². The number of rotatable bonds is 3. The number of alkyl halides is 3. The minimum absolute atomic E-state index is 0.0311. The number of piperidine rings is 1. The maximum Gasteiger partial charge on any atom is 0.410 e. The van der Waals surface area contributed by atoms with Gasteiger partial charge in [-0.15, -0.1) is 0 Å². The first kappa shape index (κ1) is 18.4. The van der Waals surface area contributed by atoms with E-state index < -0.39 is 24.2 Å². The number of nitrogens with one attached hydrogen (secondary N) is 1. The summed E-state index contributed by atoms with van der Waals surface area (Å²) in [6.07, 6.45) is -2.09. The van der Waals surface area contributed by atoms with Crippen LogP contribution >= 0.6 is 0 Å². The molecular formula is C16H27F3N2O2. The number of nitrogens with zero attached hydrogens (tertiary/aromatic N) is 1. The minimum atomic E-state index is -4.15. The van der Waals surface area contributed by atoms with E-state index in [4.69, 9.17) is 4.74 Å². The molecule has 23 heavy (non-hydrogen) atoms. The summed E-state index contributed by atoms with van der Waals surface area (Å²) in [5.74, 6) is 0. The van der Waals surface area contributed by atoms with Crippen LogP contribution in [0.15, 0.2) is 0 Å². The standard InChI is InChI=1S/C16H27F3N2O2/c1-10(9-16(17,18)19)20-11-7-12-5-6-13(8-11)21(12)14(22)23-15(2,3)4/h10-13,20H,5-9H2,1-4H3. The molecule has 2 aliphatic heterocycles. The van der Waals surface area contributed by atoms with Gasteiger partial charge >= 0.3 is 12.3 Å². The predicted molar refractivity (Wildman–Crippen MR) is 81.2 cm³/mol. The Balaban J connectivity index is 1.90. The summed E-state index contributed by atoms with van der Waals surface area (Å²) in [4.78, 5) is 14.1. The van der Waals surface area contributed by atoms with Gasteiger partial charge in [-0.05, 0) is 53.4 Å². The van der Waals surface area contributed by atoms with Gasteiger partial charge in [0.2, 0.25) is 0 Å². The second-order valence-corrected chi connectivity index (χ2v) is 7.83. The SMILES string of the molecule is CC(CC(F)(F)F)NC1CC2CCC(C1)N2C(=O)OC(C)(C)C. The number of ether oxygens (including phenoxy) is 1. The summed E-state index contributed by atoms with van der Waals surface area (Å²) < 4.78 is 42.8. The van der Waals surface area contributed by atoms with E-state index in [1.807, 2.05) is 20.8 Å². The van der Waals surface area contributed by atoms with Crippen molar-refractivity contribution in [1.29, 1.82) is 0 Å². The smallest absolute Gasteiger partial charge is 0.410 e. The second-order valence-electron chi connectivity index (χ2n) is 7.83. The van der Waals surface area contributed by atoms with Crippen molar-refractivity contribution < 1.29 is 22.7 Å². The lowest BCUT2D eigenvalue weighted by Gasteiger charge is -2.40. The molecule has 2 rings (SSSR count). The van der Waals surface area contributed by atoms with Gasteiger partial charge in [0.05, 0.1) is 6.42 Å². The average Bonchev–Trinajstić information content (AvgIpc) is 2.57. The molecule has 0 radical (unpaired) electrons. The zero-order chi connectivity index (χ0) is 17.4. The fraction of sp³-hybridized carbons (Fsp3) is 0.938. The summed E-state index contributed by atoms with van der Waals surface area (Å²) in [6.45, 7) is 7.06. The maximum absolute atomic E-state index is 12.4. The number of amides is 1. The Labute approximate surface area is 135 Å². The van der Waals surface area contributed by atoms with Crippen LogP contribution < -0.4 is 5.32 Å². The normalized spacial score (nSPS) is 29.5. The Morgan fingerprint density at radius 1 is 1.22 bits per heavy atom. The van der Waals surface area contributed by atoms with Crippen molar-refractivity contribution in [3.05, 3.63) is 0 Å². The van der Waals surface area contributed by atoms with Crippen LogP contribution in [0.5, 0.6) is 0 Å². The number of hydrogen-bond donors (Lipinski definition) is 1. The van der Waals surface area contributed by atoms with Crippen LogP contribution in [-0.4, -0.2) is 46.9 Å². The highest BCUT2D eigenvalue weighted by Gasteiger charge is 2.45. The molecule has 2 fully saturated rings. The lowest BCUT2D eigenvalue weighted by atomic mass is 9.96. The zero-order valence-corrected chi connectivity index (χ0v) is 14.2. The number of carbonyl (C=O) groups is 1. The van der Waals surface area contributed by atoms with Crippen LogP contribution in [0.4, 0.5) is 18.0 Å². The van der Waals surface area contributed by atoms with Crippen molar-refractivity contribution in [3.63, 3.8) is 0 Å². The quantitative estimate of drug-likeness (QED) is 0.851. The van der Waals surface area contributed by atoms with Crippen molar-refractivity contribution in [2.75, 3.05) is 0 Å². The molecule has 2 heterocycles. The monoisotopic (exact) mass is 336 g/mol. The van der Waals surface area contributed by atoms with Crippen LogP contribution in [0, 0.1) is 0 Å². The molecule has 2 aliphatic rings. The third kappa shape index (κ3) is 5.26. The molecule has 2 bridgehead atoms. The van der Waals surface area contributed by atoms with E-state index in [2.05, 4.69) is 5.32 Å². The van der Waals surface area contributed by atoms with Gasteiger partial charge in [-0.2, -0.15) is 13.2 Å². The average molecular weight is 336 g/mol. The summed E-state index contributed by atoms with van der Waals surface area (Å²) in [5, 5.41) is 3.09. The van der Waals surface area contributed by atoms with Gasteiger partial charge in [0, 0.05) is 24.2 Å². The van der Waals surface area contributed by atoms with E-state index in [-0.39, 0.29) is 24.2 Å². The van der Waals surface area contributed by atoms with Crippen LogP contribution in [0.2, 0.25) is 0 Å².